The second-order valence-electron chi connectivity index (χ2n) is 6.69. The number of esters is 1. The van der Waals surface area contributed by atoms with Gasteiger partial charge in [0.25, 0.3) is 0 Å². The van der Waals surface area contributed by atoms with Gasteiger partial charge in [-0.3, -0.25) is 4.57 Å². The first kappa shape index (κ1) is 18.4. The van der Waals surface area contributed by atoms with Crippen molar-refractivity contribution in [3.05, 3.63) is 21.5 Å². The number of hydrogen-bond acceptors (Lipinski definition) is 5. The molecule has 0 unspecified atom stereocenters. The van der Waals surface area contributed by atoms with E-state index in [4.69, 9.17) is 9.47 Å². The molecule has 0 aromatic carbocycles. The molecule has 0 saturated heterocycles. The lowest BCUT2D eigenvalue weighted by Crippen LogP contribution is -2.26. The number of hydrogen-bond donors (Lipinski definition) is 1. The quantitative estimate of drug-likeness (QED) is 0.543. The Morgan fingerprint density at radius 3 is 2.72 bits per heavy atom. The summed E-state index contributed by atoms with van der Waals surface area (Å²) in [7, 11) is 3.06. The van der Waals surface area contributed by atoms with Gasteiger partial charge in [-0.05, 0) is 60.3 Å². The van der Waals surface area contributed by atoms with Crippen molar-refractivity contribution in [2.24, 2.45) is 5.92 Å². The summed E-state index contributed by atoms with van der Waals surface area (Å²) in [5, 5.41) is 4.55. The summed E-state index contributed by atoms with van der Waals surface area (Å²) >= 11 is 2.26. The number of fused-ring (bicyclic) bond motifs is 1. The summed E-state index contributed by atoms with van der Waals surface area (Å²) in [6.45, 7) is 2.72. The monoisotopic (exact) mass is 457 g/mol. The first-order valence-corrected chi connectivity index (χ1v) is 9.64. The molecule has 0 radical (unpaired) electrons. The fourth-order valence-electron chi connectivity index (χ4n) is 3.45. The standard InChI is InChI=1S/C18H24IN3O3/c1-11-4-6-12(7-5-11)21-16-13-8-15(19)22(10-24-2)17(13)20-9-14(16)18(23)25-3/h8-9,11-12H,4-7,10H2,1-3H3,(H,20,21). The van der Waals surface area contributed by atoms with Crippen LogP contribution in [0.3, 0.4) is 0 Å². The van der Waals surface area contributed by atoms with Crippen LogP contribution in [0.5, 0.6) is 0 Å². The third kappa shape index (κ3) is 3.76. The maximum atomic E-state index is 12.3. The molecule has 0 atom stereocenters. The predicted octanol–water partition coefficient (Wildman–Crippen LogP) is 4.02. The molecular formula is C18H24IN3O3. The Kier molecular flexibility index (Phi) is 5.83. The molecule has 0 aliphatic heterocycles. The van der Waals surface area contributed by atoms with E-state index in [0.717, 1.165) is 39.2 Å². The van der Waals surface area contributed by atoms with Crippen LogP contribution in [0, 0.1) is 9.62 Å². The molecule has 1 N–H and O–H groups in total. The number of nitrogens with one attached hydrogen (secondary N) is 1. The van der Waals surface area contributed by atoms with Gasteiger partial charge in [0.1, 0.15) is 17.9 Å². The third-order valence-corrected chi connectivity index (χ3v) is 5.79. The number of ether oxygens (including phenoxy) is 2. The average Bonchev–Trinajstić information content (AvgIpc) is 2.93. The highest BCUT2D eigenvalue weighted by Crippen LogP contribution is 2.33. The Hall–Kier alpha value is -1.35. The van der Waals surface area contributed by atoms with Gasteiger partial charge in [0.15, 0.2) is 0 Å². The lowest BCUT2D eigenvalue weighted by Gasteiger charge is -2.28. The molecule has 1 aliphatic carbocycles. The Bertz CT molecular complexity index is 767. The molecule has 7 heteroatoms. The molecule has 0 bridgehead atoms. The molecule has 1 aliphatic rings. The number of carbonyl (C=O) groups is 1. The molecule has 2 heterocycles. The van der Waals surface area contributed by atoms with E-state index in [1.54, 1.807) is 13.3 Å². The van der Waals surface area contributed by atoms with Gasteiger partial charge in [0.05, 0.1) is 16.5 Å². The maximum absolute atomic E-state index is 12.3. The zero-order valence-electron chi connectivity index (χ0n) is 14.8. The summed E-state index contributed by atoms with van der Waals surface area (Å²) in [6.07, 6.45) is 6.25. The van der Waals surface area contributed by atoms with E-state index < -0.39 is 0 Å². The molecule has 3 rings (SSSR count). The number of anilines is 1. The van der Waals surface area contributed by atoms with Crippen LogP contribution in [0.1, 0.15) is 43.0 Å². The van der Waals surface area contributed by atoms with Gasteiger partial charge in [-0.15, -0.1) is 0 Å². The van der Waals surface area contributed by atoms with Gasteiger partial charge in [-0.25, -0.2) is 9.78 Å². The van der Waals surface area contributed by atoms with E-state index in [1.807, 2.05) is 10.6 Å². The number of carbonyl (C=O) groups excluding carboxylic acids is 1. The zero-order valence-corrected chi connectivity index (χ0v) is 17.0. The minimum absolute atomic E-state index is 0.365. The summed E-state index contributed by atoms with van der Waals surface area (Å²) in [5.41, 5.74) is 2.12. The first-order valence-electron chi connectivity index (χ1n) is 8.56. The minimum Gasteiger partial charge on any atom is -0.465 e. The van der Waals surface area contributed by atoms with Crippen LogP contribution in [0.15, 0.2) is 12.3 Å². The smallest absolute Gasteiger partial charge is 0.341 e. The number of methoxy groups -OCH3 is 2. The second-order valence-corrected chi connectivity index (χ2v) is 7.79. The summed E-state index contributed by atoms with van der Waals surface area (Å²) in [6, 6.07) is 2.41. The number of nitrogens with zero attached hydrogens (tertiary/aromatic N) is 2. The van der Waals surface area contributed by atoms with Crippen LogP contribution in [0.4, 0.5) is 5.69 Å². The molecule has 136 valence electrons. The van der Waals surface area contributed by atoms with Gasteiger partial charge in [0, 0.05) is 24.7 Å². The Morgan fingerprint density at radius 2 is 2.08 bits per heavy atom. The average molecular weight is 457 g/mol. The van der Waals surface area contributed by atoms with Crippen LogP contribution >= 0.6 is 22.6 Å². The van der Waals surface area contributed by atoms with E-state index >= 15 is 0 Å². The Balaban J connectivity index is 2.05. The second kappa shape index (κ2) is 7.90. The van der Waals surface area contributed by atoms with E-state index in [0.29, 0.717) is 18.3 Å². The van der Waals surface area contributed by atoms with E-state index in [9.17, 15) is 4.79 Å². The molecule has 2 aromatic heterocycles. The first-order chi connectivity index (χ1) is 12.0. The highest BCUT2D eigenvalue weighted by atomic mass is 127. The molecule has 2 aromatic rings. The minimum atomic E-state index is -0.365. The predicted molar refractivity (Wildman–Crippen MR) is 106 cm³/mol. The van der Waals surface area contributed by atoms with E-state index in [2.05, 4.69) is 39.8 Å². The van der Waals surface area contributed by atoms with Crippen molar-refractivity contribution in [1.29, 1.82) is 0 Å². The van der Waals surface area contributed by atoms with Crippen LogP contribution in [-0.2, 0) is 16.2 Å². The van der Waals surface area contributed by atoms with Gasteiger partial charge >= 0.3 is 5.97 Å². The Labute approximate surface area is 161 Å². The molecule has 0 spiro atoms. The van der Waals surface area contributed by atoms with Crippen LogP contribution < -0.4 is 5.32 Å². The normalized spacial score (nSPS) is 20.6. The van der Waals surface area contributed by atoms with E-state index in [-0.39, 0.29) is 5.97 Å². The summed E-state index contributed by atoms with van der Waals surface area (Å²) in [5.74, 6) is 0.412. The SMILES string of the molecule is COCn1c(I)cc2c(NC3CCC(C)CC3)c(C(=O)OC)cnc21. The highest BCUT2D eigenvalue weighted by Gasteiger charge is 2.24. The van der Waals surface area contributed by atoms with Gasteiger partial charge < -0.3 is 14.8 Å². The van der Waals surface area contributed by atoms with Gasteiger partial charge in [-0.2, -0.15) is 0 Å². The van der Waals surface area contributed by atoms with Crippen LogP contribution in [0.25, 0.3) is 11.0 Å². The summed E-state index contributed by atoms with van der Waals surface area (Å²) in [4.78, 5) is 16.7. The lowest BCUT2D eigenvalue weighted by molar-refractivity contribution is 0.0601. The molecule has 1 fully saturated rings. The fourth-order valence-corrected chi connectivity index (χ4v) is 4.13. The van der Waals surface area contributed by atoms with Crippen LogP contribution in [0.2, 0.25) is 0 Å². The van der Waals surface area contributed by atoms with Gasteiger partial charge in [-0.1, -0.05) is 6.92 Å². The van der Waals surface area contributed by atoms with Crippen molar-refractivity contribution in [3.63, 3.8) is 0 Å². The number of rotatable bonds is 5. The number of aromatic nitrogens is 2. The number of halogens is 1. The zero-order chi connectivity index (χ0) is 18.0. The highest BCUT2D eigenvalue weighted by molar-refractivity contribution is 14.1. The number of pyridine rings is 1. The molecule has 1 saturated carbocycles. The Morgan fingerprint density at radius 1 is 1.36 bits per heavy atom. The van der Waals surface area contributed by atoms with Crippen molar-refractivity contribution in [2.75, 3.05) is 19.5 Å². The molecule has 0 amide bonds. The van der Waals surface area contributed by atoms with Gasteiger partial charge in [0.2, 0.25) is 0 Å². The largest absolute Gasteiger partial charge is 0.465 e. The molecule has 25 heavy (non-hydrogen) atoms. The summed E-state index contributed by atoms with van der Waals surface area (Å²) < 4.78 is 13.3. The lowest BCUT2D eigenvalue weighted by atomic mass is 9.87. The molecule has 6 nitrogen and oxygen atoms in total. The van der Waals surface area contributed by atoms with Crippen molar-refractivity contribution >= 4 is 45.3 Å². The van der Waals surface area contributed by atoms with Crippen molar-refractivity contribution in [3.8, 4) is 0 Å². The van der Waals surface area contributed by atoms with E-state index in [1.165, 1.54) is 20.0 Å². The van der Waals surface area contributed by atoms with Crippen molar-refractivity contribution in [1.82, 2.24) is 9.55 Å². The topological polar surface area (TPSA) is 65.4 Å². The van der Waals surface area contributed by atoms with Crippen LogP contribution in [-0.4, -0.2) is 35.8 Å². The van der Waals surface area contributed by atoms with Crippen molar-refractivity contribution < 1.29 is 14.3 Å². The maximum Gasteiger partial charge on any atom is 0.341 e. The fraction of sp³-hybridized carbons (Fsp3) is 0.556. The van der Waals surface area contributed by atoms with Crippen molar-refractivity contribution in [2.45, 2.75) is 45.4 Å². The third-order valence-electron chi connectivity index (χ3n) is 4.90. The molecular weight excluding hydrogens is 433 g/mol.